The Labute approximate surface area is 136 Å². The van der Waals surface area contributed by atoms with Gasteiger partial charge in [0, 0.05) is 30.7 Å². The van der Waals surface area contributed by atoms with E-state index in [1.165, 1.54) is 16.2 Å². The molecule has 0 N–H and O–H groups in total. The van der Waals surface area contributed by atoms with E-state index in [1.54, 1.807) is 33.3 Å². The lowest BCUT2D eigenvalue weighted by Gasteiger charge is -2.23. The molecule has 0 aliphatic carbocycles. The second-order valence-electron chi connectivity index (χ2n) is 5.04. The summed E-state index contributed by atoms with van der Waals surface area (Å²) < 4.78 is 1.73. The molecule has 0 saturated carbocycles. The van der Waals surface area contributed by atoms with Crippen LogP contribution in [0.2, 0.25) is 0 Å². The number of nitrogens with zero attached hydrogens (tertiary/aromatic N) is 4. The molecule has 1 amide bonds. The van der Waals surface area contributed by atoms with Crippen LogP contribution in [0.5, 0.6) is 0 Å². The van der Waals surface area contributed by atoms with Gasteiger partial charge in [-0.05, 0) is 18.4 Å². The number of rotatable bonds is 4. The third kappa shape index (κ3) is 2.82. The van der Waals surface area contributed by atoms with Crippen molar-refractivity contribution in [1.82, 2.24) is 19.7 Å². The average molecular weight is 332 g/mol. The number of hydrogen-bond acceptors (Lipinski definition) is 5. The number of thiophene rings is 1. The van der Waals surface area contributed by atoms with E-state index in [-0.39, 0.29) is 11.9 Å². The number of carbonyl (C=O) groups is 1. The number of aryl methyl sites for hydroxylation is 1. The minimum atomic E-state index is -0.00598. The summed E-state index contributed by atoms with van der Waals surface area (Å²) in [4.78, 5) is 20.5. The molecule has 1 atom stereocenters. The second-order valence-corrected chi connectivity index (χ2v) is 7.05. The molecule has 0 bridgehead atoms. The maximum Gasteiger partial charge on any atom is 0.265 e. The molecule has 0 saturated heterocycles. The first-order chi connectivity index (χ1) is 10.6. The normalized spacial score (nSPS) is 12.3. The van der Waals surface area contributed by atoms with Crippen LogP contribution < -0.4 is 0 Å². The maximum atomic E-state index is 12.6. The summed E-state index contributed by atoms with van der Waals surface area (Å²) in [6, 6.07) is 4.10. The highest BCUT2D eigenvalue weighted by Crippen LogP contribution is 2.28. The molecule has 3 rings (SSSR count). The van der Waals surface area contributed by atoms with Crippen molar-refractivity contribution in [2.75, 3.05) is 7.05 Å². The van der Waals surface area contributed by atoms with Gasteiger partial charge in [0.2, 0.25) is 0 Å². The average Bonchev–Trinajstić information content (AvgIpc) is 3.24. The van der Waals surface area contributed by atoms with Crippen LogP contribution in [-0.2, 0) is 7.05 Å². The molecule has 3 heterocycles. The van der Waals surface area contributed by atoms with Gasteiger partial charge >= 0.3 is 0 Å². The zero-order valence-electron chi connectivity index (χ0n) is 12.6. The van der Waals surface area contributed by atoms with Crippen molar-refractivity contribution in [3.63, 3.8) is 0 Å². The van der Waals surface area contributed by atoms with Crippen molar-refractivity contribution in [2.45, 2.75) is 13.0 Å². The molecule has 22 heavy (non-hydrogen) atoms. The lowest BCUT2D eigenvalue weighted by molar-refractivity contribution is 0.0749. The van der Waals surface area contributed by atoms with Crippen LogP contribution in [0.4, 0.5) is 0 Å². The van der Waals surface area contributed by atoms with Gasteiger partial charge in [-0.1, -0.05) is 6.07 Å². The Morgan fingerprint density at radius 2 is 2.23 bits per heavy atom. The van der Waals surface area contributed by atoms with E-state index in [0.29, 0.717) is 4.88 Å². The summed E-state index contributed by atoms with van der Waals surface area (Å²) in [5.74, 6) is -0.00598. The van der Waals surface area contributed by atoms with Crippen molar-refractivity contribution >= 4 is 28.6 Å². The van der Waals surface area contributed by atoms with Gasteiger partial charge in [0.05, 0.1) is 18.4 Å². The quantitative estimate of drug-likeness (QED) is 0.735. The second kappa shape index (κ2) is 6.02. The van der Waals surface area contributed by atoms with Crippen molar-refractivity contribution < 1.29 is 4.79 Å². The lowest BCUT2D eigenvalue weighted by Crippen LogP contribution is -2.28. The molecule has 3 aromatic heterocycles. The lowest BCUT2D eigenvalue weighted by atomic mass is 10.2. The summed E-state index contributed by atoms with van der Waals surface area (Å²) in [5.41, 5.74) is 0.931. The van der Waals surface area contributed by atoms with E-state index in [9.17, 15) is 4.79 Å². The van der Waals surface area contributed by atoms with Crippen LogP contribution >= 0.6 is 22.7 Å². The summed E-state index contributed by atoms with van der Waals surface area (Å²) in [6.45, 7) is 2.03. The fraction of sp³-hybridized carbons (Fsp3) is 0.267. The number of carbonyl (C=O) groups excluding carboxylic acids is 1. The highest BCUT2D eigenvalue weighted by Gasteiger charge is 2.22. The van der Waals surface area contributed by atoms with E-state index in [4.69, 9.17) is 0 Å². The SMILES string of the molecule is C[C@@H](c1cccs1)N(C)C(=O)c1cnc(-c2cnn(C)c2)s1. The summed E-state index contributed by atoms with van der Waals surface area (Å²) in [5, 5.41) is 6.97. The van der Waals surface area contributed by atoms with Crippen LogP contribution in [0.15, 0.2) is 36.1 Å². The number of hydrogen-bond donors (Lipinski definition) is 0. The zero-order valence-corrected chi connectivity index (χ0v) is 14.2. The van der Waals surface area contributed by atoms with E-state index in [1.807, 2.05) is 44.7 Å². The molecular formula is C15H16N4OS2. The first-order valence-corrected chi connectivity index (χ1v) is 8.51. The van der Waals surface area contributed by atoms with E-state index in [0.717, 1.165) is 10.6 Å². The molecule has 0 radical (unpaired) electrons. The third-order valence-corrected chi connectivity index (χ3v) is 5.60. The van der Waals surface area contributed by atoms with Gasteiger partial charge in [-0.25, -0.2) is 4.98 Å². The van der Waals surface area contributed by atoms with Crippen molar-refractivity contribution in [3.8, 4) is 10.6 Å². The molecular weight excluding hydrogens is 316 g/mol. The largest absolute Gasteiger partial charge is 0.333 e. The number of aromatic nitrogens is 3. The Morgan fingerprint density at radius 1 is 1.41 bits per heavy atom. The Hall–Kier alpha value is -1.99. The van der Waals surface area contributed by atoms with Crippen LogP contribution in [0.1, 0.15) is 27.5 Å². The van der Waals surface area contributed by atoms with Crippen LogP contribution in [-0.4, -0.2) is 32.6 Å². The van der Waals surface area contributed by atoms with Crippen molar-refractivity contribution in [2.24, 2.45) is 7.05 Å². The Balaban J connectivity index is 1.79. The van der Waals surface area contributed by atoms with E-state index in [2.05, 4.69) is 10.1 Å². The minimum absolute atomic E-state index is 0.00598. The molecule has 0 unspecified atom stereocenters. The van der Waals surface area contributed by atoms with E-state index < -0.39 is 0 Å². The topological polar surface area (TPSA) is 51.0 Å². The number of amides is 1. The van der Waals surface area contributed by atoms with Crippen molar-refractivity contribution in [3.05, 3.63) is 45.9 Å². The highest BCUT2D eigenvalue weighted by atomic mass is 32.1. The molecule has 114 valence electrons. The predicted molar refractivity (Wildman–Crippen MR) is 89.1 cm³/mol. The Bertz CT molecular complexity index is 775. The fourth-order valence-corrected chi connectivity index (χ4v) is 3.81. The molecule has 5 nitrogen and oxygen atoms in total. The van der Waals surface area contributed by atoms with Gasteiger partial charge in [0.1, 0.15) is 9.88 Å². The first kappa shape index (κ1) is 14.9. The summed E-state index contributed by atoms with van der Waals surface area (Å²) in [6.07, 6.45) is 5.29. The first-order valence-electron chi connectivity index (χ1n) is 6.81. The van der Waals surface area contributed by atoms with Crippen LogP contribution in [0.25, 0.3) is 10.6 Å². The van der Waals surface area contributed by atoms with Crippen LogP contribution in [0.3, 0.4) is 0 Å². The summed E-state index contributed by atoms with van der Waals surface area (Å²) in [7, 11) is 3.69. The van der Waals surface area contributed by atoms with Crippen LogP contribution in [0, 0.1) is 0 Å². The monoisotopic (exact) mass is 332 g/mol. The minimum Gasteiger partial charge on any atom is -0.333 e. The fourth-order valence-electron chi connectivity index (χ4n) is 2.11. The highest BCUT2D eigenvalue weighted by molar-refractivity contribution is 7.16. The number of thiazole rings is 1. The maximum absolute atomic E-state index is 12.6. The molecule has 7 heteroatoms. The Morgan fingerprint density at radius 3 is 2.86 bits per heavy atom. The standard InChI is InChI=1S/C15H16N4OS2/c1-10(12-5-4-6-21-12)19(3)15(20)13-8-16-14(22-13)11-7-17-18(2)9-11/h4-10H,1-3H3/t10-/m0/s1. The molecule has 0 spiro atoms. The van der Waals surface area contributed by atoms with Gasteiger partial charge < -0.3 is 4.90 Å². The van der Waals surface area contributed by atoms with Gasteiger partial charge in [0.15, 0.2) is 0 Å². The molecule has 0 aliphatic rings. The molecule has 0 fully saturated rings. The van der Waals surface area contributed by atoms with Gasteiger partial charge in [0.25, 0.3) is 5.91 Å². The smallest absolute Gasteiger partial charge is 0.265 e. The van der Waals surface area contributed by atoms with E-state index >= 15 is 0 Å². The predicted octanol–water partition coefficient (Wildman–Crippen LogP) is 3.44. The molecule has 0 aromatic carbocycles. The van der Waals surface area contributed by atoms with Crippen molar-refractivity contribution in [1.29, 1.82) is 0 Å². The third-order valence-electron chi connectivity index (χ3n) is 3.52. The summed E-state index contributed by atoms with van der Waals surface area (Å²) >= 11 is 3.06. The zero-order chi connectivity index (χ0) is 15.7. The molecule has 0 aliphatic heterocycles. The van der Waals surface area contributed by atoms with Gasteiger partial charge in [-0.15, -0.1) is 22.7 Å². The van der Waals surface area contributed by atoms with Gasteiger partial charge in [-0.3, -0.25) is 9.48 Å². The Kier molecular flexibility index (Phi) is 4.08. The van der Waals surface area contributed by atoms with Gasteiger partial charge in [-0.2, -0.15) is 5.10 Å². The molecule has 3 aromatic rings.